The number of ether oxygens (including phenoxy) is 1. The molecular formula is C21H21NO2. The van der Waals surface area contributed by atoms with E-state index < -0.39 is 11.7 Å². The number of anilines is 1. The molecule has 0 spiro atoms. The lowest BCUT2D eigenvalue weighted by Crippen LogP contribution is -2.38. The largest absolute Gasteiger partial charge is 0.429 e. The van der Waals surface area contributed by atoms with Crippen molar-refractivity contribution in [3.8, 4) is 12.3 Å². The van der Waals surface area contributed by atoms with E-state index in [2.05, 4.69) is 35.5 Å². The maximum absolute atomic E-state index is 12.2. The van der Waals surface area contributed by atoms with E-state index >= 15 is 0 Å². The number of para-hydroxylation sites is 1. The van der Waals surface area contributed by atoms with Gasteiger partial charge >= 0.3 is 6.09 Å². The molecule has 3 nitrogen and oxygen atoms in total. The third kappa shape index (κ3) is 3.78. The highest BCUT2D eigenvalue weighted by Crippen LogP contribution is 2.39. The lowest BCUT2D eigenvalue weighted by Gasteiger charge is -2.35. The first kappa shape index (κ1) is 16.1. The fourth-order valence-electron chi connectivity index (χ4n) is 3.26. The zero-order valence-corrected chi connectivity index (χ0v) is 13.6. The van der Waals surface area contributed by atoms with Crippen LogP contribution >= 0.6 is 0 Å². The molecule has 0 radical (unpaired) electrons. The molecular weight excluding hydrogens is 298 g/mol. The molecule has 1 aliphatic rings. The Morgan fingerprint density at radius 1 is 1.04 bits per heavy atom. The van der Waals surface area contributed by atoms with Crippen molar-refractivity contribution in [1.82, 2.24) is 0 Å². The van der Waals surface area contributed by atoms with Crippen molar-refractivity contribution in [2.45, 2.75) is 37.2 Å². The molecule has 0 aliphatic heterocycles. The Kier molecular flexibility index (Phi) is 4.86. The van der Waals surface area contributed by atoms with E-state index in [1.165, 1.54) is 5.56 Å². The summed E-state index contributed by atoms with van der Waals surface area (Å²) in [6, 6.07) is 19.7. The van der Waals surface area contributed by atoms with Crippen LogP contribution < -0.4 is 5.32 Å². The first-order valence-corrected chi connectivity index (χ1v) is 8.28. The number of carbonyl (C=O) groups is 1. The second-order valence-corrected chi connectivity index (χ2v) is 6.20. The average molecular weight is 319 g/mol. The molecule has 1 amide bonds. The van der Waals surface area contributed by atoms with Crippen LogP contribution in [-0.4, -0.2) is 11.7 Å². The van der Waals surface area contributed by atoms with Crippen molar-refractivity contribution in [3.63, 3.8) is 0 Å². The van der Waals surface area contributed by atoms with Crippen LogP contribution in [0.15, 0.2) is 60.7 Å². The number of benzene rings is 2. The minimum absolute atomic E-state index is 0.480. The van der Waals surface area contributed by atoms with Crippen LogP contribution in [0.1, 0.15) is 37.2 Å². The van der Waals surface area contributed by atoms with Crippen LogP contribution in [0.3, 0.4) is 0 Å². The van der Waals surface area contributed by atoms with Crippen LogP contribution in [0.5, 0.6) is 0 Å². The zero-order chi connectivity index (χ0) is 16.8. The molecule has 0 heterocycles. The lowest BCUT2D eigenvalue weighted by atomic mass is 9.76. The van der Waals surface area contributed by atoms with Crippen molar-refractivity contribution < 1.29 is 9.53 Å². The van der Waals surface area contributed by atoms with Gasteiger partial charge in [0.1, 0.15) is 0 Å². The molecule has 1 saturated carbocycles. The van der Waals surface area contributed by atoms with Crippen LogP contribution in [0.2, 0.25) is 0 Å². The van der Waals surface area contributed by atoms with Crippen LogP contribution in [0, 0.1) is 12.3 Å². The highest BCUT2D eigenvalue weighted by molar-refractivity contribution is 5.85. The second kappa shape index (κ2) is 7.23. The molecule has 24 heavy (non-hydrogen) atoms. The van der Waals surface area contributed by atoms with E-state index in [1.807, 2.05) is 36.4 Å². The number of carbonyl (C=O) groups excluding carboxylic acids is 1. The predicted octanol–water partition coefficient (Wildman–Crippen LogP) is 4.96. The minimum atomic E-state index is -0.801. The van der Waals surface area contributed by atoms with E-state index in [0.717, 1.165) is 12.8 Å². The number of amides is 1. The molecule has 1 aliphatic carbocycles. The van der Waals surface area contributed by atoms with Gasteiger partial charge in [-0.25, -0.2) is 4.79 Å². The maximum Gasteiger partial charge on any atom is 0.413 e. The Hall–Kier alpha value is -2.73. The standard InChI is InChI=1S/C21H21NO2/c1-2-21(24-20(23)22-19-11-7-4-8-12-19)15-13-18(14-16-21)17-9-5-3-6-10-17/h1,3-12,18H,13-16H2,(H,22,23). The van der Waals surface area contributed by atoms with E-state index in [-0.39, 0.29) is 0 Å². The molecule has 2 aromatic carbocycles. The first-order valence-electron chi connectivity index (χ1n) is 8.28. The van der Waals surface area contributed by atoms with Crippen molar-refractivity contribution in [2.75, 3.05) is 5.32 Å². The van der Waals surface area contributed by atoms with Crippen molar-refractivity contribution in [3.05, 3.63) is 66.2 Å². The molecule has 0 saturated heterocycles. The summed E-state index contributed by atoms with van der Waals surface area (Å²) in [5.74, 6) is 3.20. The van der Waals surface area contributed by atoms with Crippen molar-refractivity contribution >= 4 is 11.8 Å². The summed E-state index contributed by atoms with van der Waals surface area (Å²) in [6.45, 7) is 0. The number of nitrogens with one attached hydrogen (secondary N) is 1. The summed E-state index contributed by atoms with van der Waals surface area (Å²) >= 11 is 0. The summed E-state index contributed by atoms with van der Waals surface area (Å²) in [5, 5.41) is 2.73. The molecule has 3 rings (SSSR count). The summed E-state index contributed by atoms with van der Waals surface area (Å²) in [6.07, 6.45) is 8.44. The molecule has 3 heteroatoms. The third-order valence-electron chi connectivity index (χ3n) is 4.64. The SMILES string of the molecule is C#CC1(OC(=O)Nc2ccccc2)CCC(c2ccccc2)CC1. The van der Waals surface area contributed by atoms with Crippen LogP contribution in [0.4, 0.5) is 10.5 Å². The normalized spacial score (nSPS) is 23.0. The third-order valence-corrected chi connectivity index (χ3v) is 4.64. The van der Waals surface area contributed by atoms with Gasteiger partial charge in [-0.05, 0) is 49.3 Å². The fraction of sp³-hybridized carbons (Fsp3) is 0.286. The lowest BCUT2D eigenvalue weighted by molar-refractivity contribution is 0.0321. The van der Waals surface area contributed by atoms with Gasteiger partial charge in [0, 0.05) is 5.69 Å². The Labute approximate surface area is 143 Å². The second-order valence-electron chi connectivity index (χ2n) is 6.20. The van der Waals surface area contributed by atoms with Gasteiger partial charge < -0.3 is 4.74 Å². The highest BCUT2D eigenvalue weighted by atomic mass is 16.6. The molecule has 1 fully saturated rings. The number of hydrogen-bond donors (Lipinski definition) is 1. The van der Waals surface area contributed by atoms with E-state index in [0.29, 0.717) is 24.4 Å². The van der Waals surface area contributed by atoms with E-state index in [1.54, 1.807) is 0 Å². The smallest absolute Gasteiger partial charge is 0.413 e. The van der Waals surface area contributed by atoms with Gasteiger partial charge in [-0.3, -0.25) is 5.32 Å². The summed E-state index contributed by atoms with van der Waals surface area (Å²) in [5.41, 5.74) is 1.23. The molecule has 0 atom stereocenters. The van der Waals surface area contributed by atoms with Gasteiger partial charge in [0.15, 0.2) is 5.60 Å². The summed E-state index contributed by atoms with van der Waals surface area (Å²) in [4.78, 5) is 12.2. The van der Waals surface area contributed by atoms with Gasteiger partial charge in [0.05, 0.1) is 0 Å². The van der Waals surface area contributed by atoms with Gasteiger partial charge in [0.25, 0.3) is 0 Å². The van der Waals surface area contributed by atoms with Gasteiger partial charge in [0.2, 0.25) is 0 Å². The summed E-state index contributed by atoms with van der Waals surface area (Å²) in [7, 11) is 0. The Morgan fingerprint density at radius 3 is 2.21 bits per heavy atom. The molecule has 1 N–H and O–H groups in total. The van der Waals surface area contributed by atoms with Gasteiger partial charge in [-0.2, -0.15) is 0 Å². The summed E-state index contributed by atoms with van der Waals surface area (Å²) < 4.78 is 5.63. The first-order chi connectivity index (χ1) is 11.7. The van der Waals surface area contributed by atoms with Crippen molar-refractivity contribution in [1.29, 1.82) is 0 Å². The number of hydrogen-bond acceptors (Lipinski definition) is 2. The quantitative estimate of drug-likeness (QED) is 0.812. The fourth-order valence-corrected chi connectivity index (χ4v) is 3.26. The topological polar surface area (TPSA) is 38.3 Å². The average Bonchev–Trinajstić information content (AvgIpc) is 2.64. The van der Waals surface area contributed by atoms with E-state index in [9.17, 15) is 4.79 Å². The monoisotopic (exact) mass is 319 g/mol. The molecule has 0 bridgehead atoms. The van der Waals surface area contributed by atoms with Gasteiger partial charge in [-0.1, -0.05) is 54.5 Å². The molecule has 0 unspecified atom stereocenters. The number of terminal acetylenes is 1. The van der Waals surface area contributed by atoms with Crippen LogP contribution in [0.25, 0.3) is 0 Å². The molecule has 122 valence electrons. The molecule has 2 aromatic rings. The Bertz CT molecular complexity index is 711. The zero-order valence-electron chi connectivity index (χ0n) is 13.6. The Morgan fingerprint density at radius 2 is 1.62 bits per heavy atom. The van der Waals surface area contributed by atoms with Gasteiger partial charge in [-0.15, -0.1) is 6.42 Å². The minimum Gasteiger partial charge on any atom is -0.429 e. The van der Waals surface area contributed by atoms with E-state index in [4.69, 9.17) is 11.2 Å². The van der Waals surface area contributed by atoms with Crippen molar-refractivity contribution in [2.24, 2.45) is 0 Å². The van der Waals surface area contributed by atoms with Crippen LogP contribution in [-0.2, 0) is 4.74 Å². The maximum atomic E-state index is 12.2. The highest BCUT2D eigenvalue weighted by Gasteiger charge is 2.37. The molecule has 0 aromatic heterocycles. The number of rotatable bonds is 3. The predicted molar refractivity (Wildman–Crippen MR) is 95.8 cm³/mol. The Balaban J connectivity index is 1.60.